The molecule has 0 rings (SSSR count). The Morgan fingerprint density at radius 3 is 2.27 bits per heavy atom. The largest absolute Gasteiger partial charge is 0.857 e. The predicted molar refractivity (Wildman–Crippen MR) is 57.9 cm³/mol. The Morgan fingerprint density at radius 2 is 1.93 bits per heavy atom. The topological polar surface area (TPSA) is 55.7 Å². The van der Waals surface area contributed by atoms with E-state index in [0.717, 1.165) is 0 Å². The smallest absolute Gasteiger partial charge is 0.248 e. The van der Waals surface area contributed by atoms with Gasteiger partial charge in [0.15, 0.2) is 0 Å². The maximum absolute atomic E-state index is 11.4. The zero-order chi connectivity index (χ0) is 12.2. The molecule has 0 aromatic carbocycles. The molecule has 5 heteroatoms. The summed E-state index contributed by atoms with van der Waals surface area (Å²) >= 11 is 0. The van der Waals surface area contributed by atoms with Gasteiger partial charge in [0.05, 0.1) is 27.7 Å². The molecule has 5 nitrogen and oxygen atoms in total. The highest BCUT2D eigenvalue weighted by molar-refractivity contribution is 5.94. The normalized spacial score (nSPS) is 12.5. The molecule has 0 radical (unpaired) electrons. The SMILES string of the molecule is C=C(C)C(=O)N(C)C/C([O-])=N\[N+](C)(C)C. The summed E-state index contributed by atoms with van der Waals surface area (Å²) in [6.45, 7) is 5.12. The van der Waals surface area contributed by atoms with Gasteiger partial charge in [0.1, 0.15) is 0 Å². The maximum Gasteiger partial charge on any atom is 0.248 e. The van der Waals surface area contributed by atoms with Crippen molar-refractivity contribution < 1.29 is 14.5 Å². The molecule has 0 spiro atoms. The number of amides is 1. The lowest BCUT2D eigenvalue weighted by Crippen LogP contribution is -2.41. The summed E-state index contributed by atoms with van der Waals surface area (Å²) in [4.78, 5) is 12.7. The van der Waals surface area contributed by atoms with E-state index >= 15 is 0 Å². The van der Waals surface area contributed by atoms with Crippen molar-refractivity contribution in [2.45, 2.75) is 6.92 Å². The molecule has 0 N–H and O–H groups in total. The van der Waals surface area contributed by atoms with Gasteiger partial charge in [0.2, 0.25) is 5.91 Å². The van der Waals surface area contributed by atoms with Crippen LogP contribution in [0.2, 0.25) is 0 Å². The molecule has 0 aliphatic carbocycles. The molecular weight excluding hydrogens is 194 g/mol. The van der Waals surface area contributed by atoms with E-state index in [1.54, 1.807) is 35.1 Å². The number of hydrogen-bond acceptors (Lipinski definition) is 3. The highest BCUT2D eigenvalue weighted by atomic mass is 16.3. The summed E-state index contributed by atoms with van der Waals surface area (Å²) in [7, 11) is 6.88. The third-order valence-corrected chi connectivity index (χ3v) is 1.50. The summed E-state index contributed by atoms with van der Waals surface area (Å²) in [5.74, 6) is -0.556. The Morgan fingerprint density at radius 1 is 1.47 bits per heavy atom. The number of hydrogen-bond donors (Lipinski definition) is 0. The maximum atomic E-state index is 11.4. The van der Waals surface area contributed by atoms with Gasteiger partial charge in [-0.3, -0.25) is 4.79 Å². The number of quaternary nitrogens is 1. The fourth-order valence-electron chi connectivity index (χ4n) is 0.967. The van der Waals surface area contributed by atoms with E-state index in [1.807, 2.05) is 0 Å². The van der Waals surface area contributed by atoms with E-state index in [2.05, 4.69) is 11.7 Å². The molecule has 0 aliphatic rings. The molecule has 0 saturated heterocycles. The third-order valence-electron chi connectivity index (χ3n) is 1.50. The molecule has 15 heavy (non-hydrogen) atoms. The van der Waals surface area contributed by atoms with Crippen molar-refractivity contribution in [3.63, 3.8) is 0 Å². The standard InChI is InChI=1S/C10H19N3O2/c1-8(2)10(15)12(3)7-9(14)11-13(4,5)6/h1,7H2,2-6H3. The number of nitrogens with zero attached hydrogens (tertiary/aromatic N) is 3. The van der Waals surface area contributed by atoms with E-state index in [0.29, 0.717) is 5.57 Å². The van der Waals surface area contributed by atoms with Crippen LogP contribution in [0.1, 0.15) is 6.92 Å². The summed E-state index contributed by atoms with van der Waals surface area (Å²) in [6, 6.07) is 0. The van der Waals surface area contributed by atoms with Crippen LogP contribution in [0.5, 0.6) is 0 Å². The Bertz CT molecular complexity index is 290. The van der Waals surface area contributed by atoms with Crippen LogP contribution < -0.4 is 5.11 Å². The molecule has 0 aliphatic heterocycles. The first-order chi connectivity index (χ1) is 6.63. The van der Waals surface area contributed by atoms with Crippen LogP contribution >= 0.6 is 0 Å². The van der Waals surface area contributed by atoms with Crippen molar-refractivity contribution in [2.24, 2.45) is 5.10 Å². The van der Waals surface area contributed by atoms with E-state index in [4.69, 9.17) is 0 Å². The number of rotatable bonds is 4. The molecular formula is C10H19N3O2. The summed E-state index contributed by atoms with van der Waals surface area (Å²) in [6.07, 6.45) is 0. The van der Waals surface area contributed by atoms with Crippen molar-refractivity contribution in [1.29, 1.82) is 0 Å². The first-order valence-electron chi connectivity index (χ1n) is 4.62. The first kappa shape index (κ1) is 13.6. The second-order valence-corrected chi connectivity index (χ2v) is 4.38. The number of carbonyl (C=O) groups excluding carboxylic acids is 1. The van der Waals surface area contributed by atoms with Crippen LogP contribution in [-0.4, -0.2) is 56.0 Å². The monoisotopic (exact) mass is 213 g/mol. The van der Waals surface area contributed by atoms with E-state index < -0.39 is 0 Å². The van der Waals surface area contributed by atoms with Gasteiger partial charge in [-0.1, -0.05) is 6.58 Å². The first-order valence-corrected chi connectivity index (χ1v) is 4.62. The molecule has 0 bridgehead atoms. The van der Waals surface area contributed by atoms with Gasteiger partial charge in [-0.2, -0.15) is 0 Å². The minimum absolute atomic E-state index is 0.0127. The fourth-order valence-corrected chi connectivity index (χ4v) is 0.967. The van der Waals surface area contributed by atoms with Crippen LogP contribution in [0.3, 0.4) is 0 Å². The van der Waals surface area contributed by atoms with Gasteiger partial charge in [-0.25, -0.2) is 4.59 Å². The zero-order valence-corrected chi connectivity index (χ0v) is 10.1. The van der Waals surface area contributed by atoms with Crippen molar-refractivity contribution in [2.75, 3.05) is 34.7 Å². The van der Waals surface area contributed by atoms with Gasteiger partial charge in [0.25, 0.3) is 0 Å². The lowest BCUT2D eigenvalue weighted by Gasteiger charge is -2.24. The number of likely N-dealkylation sites (N-methyl/N-ethyl adjacent to an activating group) is 1. The average Bonchev–Trinajstić information content (AvgIpc) is 1.98. The highest BCUT2D eigenvalue weighted by Gasteiger charge is 2.10. The minimum atomic E-state index is -0.320. The molecule has 86 valence electrons. The minimum Gasteiger partial charge on any atom is -0.857 e. The van der Waals surface area contributed by atoms with Gasteiger partial charge >= 0.3 is 0 Å². The Labute approximate surface area is 90.9 Å². The Balaban J connectivity index is 4.43. The van der Waals surface area contributed by atoms with E-state index in [-0.39, 0.29) is 22.9 Å². The molecule has 0 heterocycles. The quantitative estimate of drug-likeness (QED) is 0.206. The van der Waals surface area contributed by atoms with Crippen LogP contribution in [0.25, 0.3) is 0 Å². The molecule has 0 fully saturated rings. The van der Waals surface area contributed by atoms with Crippen molar-refractivity contribution in [3.05, 3.63) is 12.2 Å². The Hall–Kier alpha value is -1.36. The van der Waals surface area contributed by atoms with E-state index in [9.17, 15) is 9.90 Å². The van der Waals surface area contributed by atoms with Gasteiger partial charge in [0, 0.05) is 18.5 Å². The lowest BCUT2D eigenvalue weighted by atomic mass is 10.3. The molecule has 0 atom stereocenters. The van der Waals surface area contributed by atoms with E-state index in [1.165, 1.54) is 4.90 Å². The predicted octanol–water partition coefficient (Wildman–Crippen LogP) is -0.599. The number of carbonyl (C=O) groups is 1. The Kier molecular flexibility index (Phi) is 4.48. The molecule has 1 amide bonds. The molecule has 0 aromatic heterocycles. The highest BCUT2D eigenvalue weighted by Crippen LogP contribution is 1.96. The van der Waals surface area contributed by atoms with Gasteiger partial charge in [-0.15, -0.1) is 5.10 Å². The summed E-state index contributed by atoms with van der Waals surface area (Å²) in [5.41, 5.74) is 0.413. The second-order valence-electron chi connectivity index (χ2n) is 4.38. The molecule has 0 saturated carbocycles. The summed E-state index contributed by atoms with van der Waals surface area (Å²) in [5, 5.41) is 15.3. The van der Waals surface area contributed by atoms with Crippen LogP contribution in [0.4, 0.5) is 0 Å². The average molecular weight is 213 g/mol. The van der Waals surface area contributed by atoms with Gasteiger partial charge < -0.3 is 10.0 Å². The lowest BCUT2D eigenvalue weighted by molar-refractivity contribution is -0.878. The van der Waals surface area contributed by atoms with Crippen molar-refractivity contribution in [3.8, 4) is 0 Å². The molecule has 0 aromatic rings. The summed E-state index contributed by atoms with van der Waals surface area (Å²) < 4.78 is 0.202. The molecule has 0 unspecified atom stereocenters. The zero-order valence-electron chi connectivity index (χ0n) is 10.1. The van der Waals surface area contributed by atoms with Crippen molar-refractivity contribution in [1.82, 2.24) is 4.90 Å². The van der Waals surface area contributed by atoms with Crippen LogP contribution in [-0.2, 0) is 4.79 Å². The third kappa shape index (κ3) is 5.85. The van der Waals surface area contributed by atoms with Crippen molar-refractivity contribution >= 4 is 11.8 Å². The van der Waals surface area contributed by atoms with Gasteiger partial charge in [-0.05, 0) is 6.92 Å². The fraction of sp³-hybridized carbons (Fsp3) is 0.600. The van der Waals surface area contributed by atoms with Crippen LogP contribution in [0.15, 0.2) is 17.3 Å². The van der Waals surface area contributed by atoms with Crippen LogP contribution in [0, 0.1) is 0 Å². The second kappa shape index (κ2) is 4.93.